The number of ketones is 3. The number of phenolic OH excluding ortho intramolecular Hbond substituents is 2. The number of carbonyl (C=O) groups is 3. The zero-order valence-corrected chi connectivity index (χ0v) is 27.9. The molecular formula is C37H48O8. The fourth-order valence-corrected chi connectivity index (χ4v) is 5.72. The van der Waals surface area contributed by atoms with Gasteiger partial charge in [-0.05, 0) is 86.3 Å². The first kappa shape index (κ1) is 35.4. The number of hydrogen-bond acceptors (Lipinski definition) is 8. The van der Waals surface area contributed by atoms with Gasteiger partial charge in [-0.2, -0.15) is 0 Å². The van der Waals surface area contributed by atoms with E-state index in [0.717, 1.165) is 38.2 Å². The summed E-state index contributed by atoms with van der Waals surface area (Å²) in [4.78, 5) is 39.8. The zero-order chi connectivity index (χ0) is 33.9. The molecule has 244 valence electrons. The Bertz CT molecular complexity index is 1540. The van der Waals surface area contributed by atoms with Crippen molar-refractivity contribution >= 4 is 23.4 Å². The summed E-state index contributed by atoms with van der Waals surface area (Å²) in [6.45, 7) is 14.2. The molecule has 3 rings (SSSR count). The molecule has 1 aromatic carbocycles. The third-order valence-electron chi connectivity index (χ3n) is 8.55. The molecule has 0 saturated carbocycles. The van der Waals surface area contributed by atoms with Gasteiger partial charge in [0.15, 0.2) is 17.3 Å². The number of allylic oxidation sites excluding steroid dienone is 7. The van der Waals surface area contributed by atoms with E-state index in [4.69, 9.17) is 4.74 Å². The van der Waals surface area contributed by atoms with Crippen LogP contribution in [-0.2, 0) is 16.0 Å². The van der Waals surface area contributed by atoms with Crippen LogP contribution in [0.5, 0.6) is 17.2 Å². The van der Waals surface area contributed by atoms with Gasteiger partial charge >= 0.3 is 0 Å². The Hall–Kier alpha value is -4.07. The maximum atomic E-state index is 13.6. The number of aromatic hydroxyl groups is 2. The van der Waals surface area contributed by atoms with E-state index in [2.05, 4.69) is 6.08 Å². The van der Waals surface area contributed by atoms with Crippen molar-refractivity contribution in [2.24, 2.45) is 5.41 Å². The number of Topliss-reactive ketones (excluding diaryl/α,β-unsaturated/α-hetero) is 3. The van der Waals surface area contributed by atoms with E-state index in [1.165, 1.54) is 12.5 Å². The normalized spacial score (nSPS) is 19.4. The number of fused-ring (bicyclic) bond motifs is 1. The summed E-state index contributed by atoms with van der Waals surface area (Å²) in [5.41, 5.74) is -0.913. The largest absolute Gasteiger partial charge is 0.511 e. The Kier molecular flexibility index (Phi) is 11.0. The van der Waals surface area contributed by atoms with Crippen molar-refractivity contribution in [2.45, 2.75) is 112 Å². The average molecular weight is 621 g/mol. The van der Waals surface area contributed by atoms with Crippen LogP contribution in [0.4, 0.5) is 0 Å². The molecule has 1 aliphatic carbocycles. The zero-order valence-electron chi connectivity index (χ0n) is 27.9. The second kappa shape index (κ2) is 13.9. The average Bonchev–Trinajstić information content (AvgIpc) is 2.94. The highest BCUT2D eigenvalue weighted by atomic mass is 16.5. The SMILES string of the molecule is CCCCCC(=O)c1c(O)c(CC2=C(O)[C@@](C)(CC=C(C)CCC=C(C)C)C(=O)C(C(C)=O)=C2O)c(O)c2c1OC(C)(C)C=C2. The van der Waals surface area contributed by atoms with Crippen LogP contribution < -0.4 is 4.74 Å². The van der Waals surface area contributed by atoms with Crippen molar-refractivity contribution in [3.8, 4) is 17.2 Å². The minimum atomic E-state index is -1.59. The molecule has 0 aromatic heterocycles. The van der Waals surface area contributed by atoms with Gasteiger partial charge in [0.1, 0.15) is 45.5 Å². The Balaban J connectivity index is 2.20. The highest BCUT2D eigenvalue weighted by Gasteiger charge is 2.47. The molecule has 8 nitrogen and oxygen atoms in total. The van der Waals surface area contributed by atoms with Crippen molar-refractivity contribution in [3.63, 3.8) is 0 Å². The summed E-state index contributed by atoms with van der Waals surface area (Å²) < 4.78 is 6.07. The summed E-state index contributed by atoms with van der Waals surface area (Å²) >= 11 is 0. The maximum Gasteiger partial charge on any atom is 0.183 e. The molecule has 45 heavy (non-hydrogen) atoms. The van der Waals surface area contributed by atoms with Gasteiger partial charge < -0.3 is 25.2 Å². The monoisotopic (exact) mass is 620 g/mol. The van der Waals surface area contributed by atoms with Crippen LogP contribution in [0.3, 0.4) is 0 Å². The highest BCUT2D eigenvalue weighted by molar-refractivity contribution is 6.23. The lowest BCUT2D eigenvalue weighted by atomic mass is 9.70. The molecule has 1 aromatic rings. The van der Waals surface area contributed by atoms with E-state index in [0.29, 0.717) is 6.42 Å². The van der Waals surface area contributed by atoms with Gasteiger partial charge in [-0.3, -0.25) is 14.4 Å². The molecule has 0 saturated heterocycles. The van der Waals surface area contributed by atoms with Crippen molar-refractivity contribution < 1.29 is 39.5 Å². The lowest BCUT2D eigenvalue weighted by molar-refractivity contribution is -0.127. The van der Waals surface area contributed by atoms with Crippen LogP contribution in [0.2, 0.25) is 0 Å². The van der Waals surface area contributed by atoms with Gasteiger partial charge in [0.05, 0.1) is 11.0 Å². The van der Waals surface area contributed by atoms with Crippen molar-refractivity contribution in [1.82, 2.24) is 0 Å². The summed E-state index contributed by atoms with van der Waals surface area (Å²) in [7, 11) is 0. The van der Waals surface area contributed by atoms with Crippen molar-refractivity contribution in [2.75, 3.05) is 0 Å². The standard InChI is InChI=1S/C37H48O8/c1-9-10-11-15-27(39)29-31(41)25(30(40)24-17-18-36(6,7)45-33(24)29)20-26-32(42)28(23(5)38)35(44)37(8,34(26)43)19-16-22(4)14-12-13-21(2)3/h13,16-18,40-43H,9-12,14-15,19-20H2,1-8H3/t37-/m1/s1. The van der Waals surface area contributed by atoms with Gasteiger partial charge in [0.2, 0.25) is 0 Å². The summed E-state index contributed by atoms with van der Waals surface area (Å²) in [5.74, 6) is -3.83. The lowest BCUT2D eigenvalue weighted by Gasteiger charge is -2.34. The number of aliphatic hydroxyl groups excluding tert-OH is 2. The Labute approximate surface area is 266 Å². The fraction of sp³-hybridized carbons (Fsp3) is 0.486. The molecule has 1 heterocycles. The maximum absolute atomic E-state index is 13.6. The van der Waals surface area contributed by atoms with Crippen molar-refractivity contribution in [3.05, 3.63) is 68.7 Å². The first-order chi connectivity index (χ1) is 21.0. The number of aliphatic hydroxyl groups is 2. The molecule has 1 atom stereocenters. The smallest absolute Gasteiger partial charge is 0.183 e. The number of phenols is 2. The van der Waals surface area contributed by atoms with Crippen LogP contribution in [0, 0.1) is 5.41 Å². The minimum absolute atomic E-state index is 0.0564. The van der Waals surface area contributed by atoms with Gasteiger partial charge in [0.25, 0.3) is 0 Å². The first-order valence-electron chi connectivity index (χ1n) is 15.7. The summed E-state index contributed by atoms with van der Waals surface area (Å²) in [5, 5.41) is 45.8. The minimum Gasteiger partial charge on any atom is -0.511 e. The van der Waals surface area contributed by atoms with E-state index in [1.54, 1.807) is 26.0 Å². The van der Waals surface area contributed by atoms with E-state index < -0.39 is 57.6 Å². The molecule has 0 amide bonds. The Morgan fingerprint density at radius 2 is 1.60 bits per heavy atom. The van der Waals surface area contributed by atoms with Crippen LogP contribution in [0.15, 0.2) is 52.0 Å². The predicted octanol–water partition coefficient (Wildman–Crippen LogP) is 8.47. The molecule has 0 bridgehead atoms. The van der Waals surface area contributed by atoms with Crippen LogP contribution in [0.1, 0.15) is 122 Å². The number of unbranched alkanes of at least 4 members (excludes halogenated alkanes) is 2. The van der Waals surface area contributed by atoms with Crippen molar-refractivity contribution in [1.29, 1.82) is 0 Å². The number of rotatable bonds is 13. The Morgan fingerprint density at radius 3 is 2.20 bits per heavy atom. The third kappa shape index (κ3) is 7.43. The number of hydrogen-bond donors (Lipinski definition) is 4. The van der Waals surface area contributed by atoms with Gasteiger partial charge in [-0.15, -0.1) is 0 Å². The molecule has 0 fully saturated rings. The number of ether oxygens (including phenoxy) is 1. The number of benzene rings is 1. The molecule has 2 aliphatic rings. The second-order valence-electron chi connectivity index (χ2n) is 13.2. The van der Waals surface area contributed by atoms with Gasteiger partial charge in [-0.25, -0.2) is 0 Å². The van der Waals surface area contributed by atoms with E-state index >= 15 is 0 Å². The topological polar surface area (TPSA) is 141 Å². The predicted molar refractivity (Wildman–Crippen MR) is 176 cm³/mol. The van der Waals surface area contributed by atoms with E-state index in [-0.39, 0.29) is 46.6 Å². The van der Waals surface area contributed by atoms with Crippen LogP contribution in [0.25, 0.3) is 6.08 Å². The molecular weight excluding hydrogens is 572 g/mol. The molecule has 8 heteroatoms. The third-order valence-corrected chi connectivity index (χ3v) is 8.55. The second-order valence-corrected chi connectivity index (χ2v) is 13.2. The summed E-state index contributed by atoms with van der Waals surface area (Å²) in [6, 6.07) is 0. The van der Waals surface area contributed by atoms with E-state index in [9.17, 15) is 34.8 Å². The first-order valence-corrected chi connectivity index (χ1v) is 15.7. The molecule has 0 radical (unpaired) electrons. The Morgan fingerprint density at radius 1 is 0.933 bits per heavy atom. The summed E-state index contributed by atoms with van der Waals surface area (Å²) in [6.07, 6.45) is 10.9. The molecule has 4 N–H and O–H groups in total. The fourth-order valence-electron chi connectivity index (χ4n) is 5.72. The van der Waals surface area contributed by atoms with E-state index in [1.807, 2.05) is 33.8 Å². The number of carbonyl (C=O) groups excluding carboxylic acids is 3. The van der Waals surface area contributed by atoms with Crippen LogP contribution in [-0.4, -0.2) is 43.4 Å². The quantitative estimate of drug-likeness (QED) is 0.0745. The molecule has 0 spiro atoms. The lowest BCUT2D eigenvalue weighted by Crippen LogP contribution is -2.38. The van der Waals surface area contributed by atoms with Crippen LogP contribution >= 0.6 is 0 Å². The molecule has 1 aliphatic heterocycles. The highest BCUT2D eigenvalue weighted by Crippen LogP contribution is 2.50. The van der Waals surface area contributed by atoms with Gasteiger partial charge in [-0.1, -0.05) is 43.1 Å². The van der Waals surface area contributed by atoms with Gasteiger partial charge in [0, 0.05) is 24.0 Å². The molecule has 0 unspecified atom stereocenters.